The number of pyridine rings is 1. The van der Waals surface area contributed by atoms with Crippen LogP contribution in [-0.4, -0.2) is 39.8 Å². The summed E-state index contributed by atoms with van der Waals surface area (Å²) in [5.41, 5.74) is 1.33. The highest BCUT2D eigenvalue weighted by Gasteiger charge is 2.15. The lowest BCUT2D eigenvalue weighted by Crippen LogP contribution is -2.15. The first-order valence-corrected chi connectivity index (χ1v) is 10.9. The Morgan fingerprint density at radius 2 is 1.86 bits per heavy atom. The molecule has 2 heterocycles. The molecule has 1 amide bonds. The minimum absolute atomic E-state index is 0.0222. The molecule has 0 spiro atoms. The van der Waals surface area contributed by atoms with Crippen LogP contribution in [0.1, 0.15) is 0 Å². The highest BCUT2D eigenvalue weighted by atomic mass is 32.2. The van der Waals surface area contributed by atoms with Crippen LogP contribution in [-0.2, 0) is 21.4 Å². The van der Waals surface area contributed by atoms with E-state index in [1.54, 1.807) is 18.5 Å². The number of primary sulfonamides is 1. The van der Waals surface area contributed by atoms with E-state index in [0.29, 0.717) is 23.2 Å². The zero-order valence-corrected chi connectivity index (χ0v) is 16.9. The fourth-order valence-corrected chi connectivity index (χ4v) is 3.72. The first-order chi connectivity index (χ1) is 13.9. The van der Waals surface area contributed by atoms with E-state index in [9.17, 15) is 13.2 Å². The fourth-order valence-electron chi connectivity index (χ4n) is 2.46. The van der Waals surface area contributed by atoms with Gasteiger partial charge in [-0.1, -0.05) is 17.8 Å². The van der Waals surface area contributed by atoms with E-state index in [0.717, 1.165) is 5.56 Å². The van der Waals surface area contributed by atoms with E-state index in [1.165, 1.54) is 36.0 Å². The number of nitrogens with one attached hydrogen (secondary N) is 1. The predicted octanol–water partition coefficient (Wildman–Crippen LogP) is 1.90. The Kier molecular flexibility index (Phi) is 6.42. The number of aromatic nitrogens is 4. The van der Waals surface area contributed by atoms with Crippen molar-refractivity contribution in [2.24, 2.45) is 5.14 Å². The highest BCUT2D eigenvalue weighted by Crippen LogP contribution is 2.24. The number of anilines is 1. The SMILES string of the molecule is C=CCn1c(SCC(=O)Nc2ccc(S(N)(=O)=O)cc2)nnc1-c1ccncc1. The lowest BCUT2D eigenvalue weighted by Gasteiger charge is -2.08. The van der Waals surface area contributed by atoms with E-state index in [-0.39, 0.29) is 16.6 Å². The van der Waals surface area contributed by atoms with Crippen LogP contribution in [0.15, 0.2) is 71.5 Å². The molecule has 1 aromatic carbocycles. The molecule has 0 aliphatic carbocycles. The second kappa shape index (κ2) is 8.99. The average molecular weight is 431 g/mol. The monoisotopic (exact) mass is 430 g/mol. The number of benzene rings is 1. The molecule has 9 nitrogen and oxygen atoms in total. The van der Waals surface area contributed by atoms with Gasteiger partial charge in [0.15, 0.2) is 11.0 Å². The number of allylic oxidation sites excluding steroid dienone is 1. The summed E-state index contributed by atoms with van der Waals surface area (Å²) in [5.74, 6) is 0.494. The molecule has 150 valence electrons. The number of carbonyl (C=O) groups excluding carboxylic acids is 1. The van der Waals surface area contributed by atoms with Crippen LogP contribution >= 0.6 is 11.8 Å². The van der Waals surface area contributed by atoms with Crippen LogP contribution in [0.25, 0.3) is 11.4 Å². The molecule has 0 bridgehead atoms. The Bertz CT molecular complexity index is 1110. The van der Waals surface area contributed by atoms with Gasteiger partial charge in [0.1, 0.15) is 0 Å². The maximum absolute atomic E-state index is 12.3. The minimum Gasteiger partial charge on any atom is -0.325 e. The van der Waals surface area contributed by atoms with E-state index < -0.39 is 10.0 Å². The Morgan fingerprint density at radius 3 is 2.48 bits per heavy atom. The molecule has 2 aromatic heterocycles. The first kappa shape index (κ1) is 20.7. The molecule has 3 N–H and O–H groups in total. The normalized spacial score (nSPS) is 11.2. The van der Waals surface area contributed by atoms with E-state index in [1.807, 2.05) is 16.7 Å². The van der Waals surface area contributed by atoms with Crippen molar-refractivity contribution in [3.8, 4) is 11.4 Å². The van der Waals surface area contributed by atoms with Crippen molar-refractivity contribution in [1.29, 1.82) is 0 Å². The summed E-state index contributed by atoms with van der Waals surface area (Å²) >= 11 is 1.24. The Morgan fingerprint density at radius 1 is 1.17 bits per heavy atom. The molecule has 29 heavy (non-hydrogen) atoms. The third-order valence-corrected chi connectivity index (χ3v) is 5.66. The number of nitrogens with zero attached hydrogens (tertiary/aromatic N) is 4. The van der Waals surface area contributed by atoms with Gasteiger partial charge in [-0.05, 0) is 36.4 Å². The lowest BCUT2D eigenvalue weighted by molar-refractivity contribution is -0.113. The van der Waals surface area contributed by atoms with E-state index in [2.05, 4.69) is 27.1 Å². The lowest BCUT2D eigenvalue weighted by atomic mass is 10.2. The summed E-state index contributed by atoms with van der Waals surface area (Å²) in [4.78, 5) is 16.2. The second-order valence-electron chi connectivity index (χ2n) is 5.85. The third-order valence-electron chi connectivity index (χ3n) is 3.77. The number of carbonyl (C=O) groups is 1. The molecule has 0 aliphatic heterocycles. The molecule has 0 atom stereocenters. The number of hydrogen-bond donors (Lipinski definition) is 2. The molecule has 3 rings (SSSR count). The quantitative estimate of drug-likeness (QED) is 0.412. The van der Waals surface area contributed by atoms with Crippen LogP contribution in [0.2, 0.25) is 0 Å². The van der Waals surface area contributed by atoms with Crippen molar-refractivity contribution in [1.82, 2.24) is 19.7 Å². The third kappa shape index (κ3) is 5.28. The number of nitrogens with two attached hydrogens (primary N) is 1. The van der Waals surface area contributed by atoms with Crippen LogP contribution in [0.3, 0.4) is 0 Å². The highest BCUT2D eigenvalue weighted by molar-refractivity contribution is 7.99. The van der Waals surface area contributed by atoms with Crippen molar-refractivity contribution < 1.29 is 13.2 Å². The largest absolute Gasteiger partial charge is 0.325 e. The van der Waals surface area contributed by atoms with Crippen molar-refractivity contribution in [3.63, 3.8) is 0 Å². The van der Waals surface area contributed by atoms with Crippen molar-refractivity contribution in [2.45, 2.75) is 16.6 Å². The number of hydrogen-bond acceptors (Lipinski definition) is 7. The molecule has 0 radical (unpaired) electrons. The summed E-state index contributed by atoms with van der Waals surface area (Å²) in [6, 6.07) is 9.28. The fraction of sp³-hybridized carbons (Fsp3) is 0.111. The Labute approximate surface area is 172 Å². The number of thioether (sulfide) groups is 1. The minimum atomic E-state index is -3.77. The van der Waals surface area contributed by atoms with Crippen LogP contribution < -0.4 is 10.5 Å². The van der Waals surface area contributed by atoms with Crippen molar-refractivity contribution in [3.05, 3.63) is 61.4 Å². The molecular formula is C18H18N6O3S2. The van der Waals surface area contributed by atoms with E-state index >= 15 is 0 Å². The number of rotatable bonds is 8. The van der Waals surface area contributed by atoms with Gasteiger partial charge >= 0.3 is 0 Å². The number of sulfonamides is 1. The molecule has 0 fully saturated rings. The van der Waals surface area contributed by atoms with Gasteiger partial charge in [-0.3, -0.25) is 14.3 Å². The van der Waals surface area contributed by atoms with Gasteiger partial charge in [-0.25, -0.2) is 13.6 Å². The van der Waals surface area contributed by atoms with Crippen LogP contribution in [0.5, 0.6) is 0 Å². The van der Waals surface area contributed by atoms with Gasteiger partial charge in [0.05, 0.1) is 10.6 Å². The van der Waals surface area contributed by atoms with Crippen LogP contribution in [0, 0.1) is 0 Å². The molecular weight excluding hydrogens is 412 g/mol. The van der Waals surface area contributed by atoms with Crippen molar-refractivity contribution in [2.75, 3.05) is 11.1 Å². The van der Waals surface area contributed by atoms with Gasteiger partial charge in [0, 0.05) is 30.2 Å². The zero-order valence-electron chi connectivity index (χ0n) is 15.2. The van der Waals surface area contributed by atoms with Gasteiger partial charge < -0.3 is 5.32 Å². The first-order valence-electron chi connectivity index (χ1n) is 8.38. The number of amides is 1. The van der Waals surface area contributed by atoms with E-state index in [4.69, 9.17) is 5.14 Å². The molecule has 0 saturated heterocycles. The summed E-state index contributed by atoms with van der Waals surface area (Å²) in [7, 11) is -3.77. The topological polar surface area (TPSA) is 133 Å². The summed E-state index contributed by atoms with van der Waals surface area (Å²) < 4.78 is 24.4. The molecule has 0 aliphatic rings. The summed E-state index contributed by atoms with van der Waals surface area (Å²) in [6.07, 6.45) is 5.07. The second-order valence-corrected chi connectivity index (χ2v) is 8.35. The van der Waals surface area contributed by atoms with Crippen molar-refractivity contribution >= 4 is 33.4 Å². The molecule has 0 unspecified atom stereocenters. The maximum Gasteiger partial charge on any atom is 0.238 e. The zero-order chi connectivity index (χ0) is 20.9. The predicted molar refractivity (Wildman–Crippen MR) is 111 cm³/mol. The molecule has 0 saturated carbocycles. The standard InChI is InChI=1S/C18H18N6O3S2/c1-2-11-24-17(13-7-9-20-10-8-13)22-23-18(24)28-12-16(25)21-14-3-5-15(6-4-14)29(19,26)27/h2-10H,1,11-12H2,(H,21,25)(H2,19,26,27). The Hall–Kier alpha value is -3.02. The molecule has 11 heteroatoms. The summed E-state index contributed by atoms with van der Waals surface area (Å²) in [6.45, 7) is 4.25. The molecule has 3 aromatic rings. The van der Waals surface area contributed by atoms with Gasteiger partial charge in [0.25, 0.3) is 0 Å². The maximum atomic E-state index is 12.3. The van der Waals surface area contributed by atoms with Gasteiger partial charge in [-0.2, -0.15) is 0 Å². The smallest absolute Gasteiger partial charge is 0.238 e. The Balaban J connectivity index is 1.67. The van der Waals surface area contributed by atoms with Crippen LogP contribution in [0.4, 0.5) is 5.69 Å². The van der Waals surface area contributed by atoms with Gasteiger partial charge in [0.2, 0.25) is 15.9 Å². The van der Waals surface area contributed by atoms with Gasteiger partial charge in [-0.15, -0.1) is 16.8 Å². The summed E-state index contributed by atoms with van der Waals surface area (Å²) in [5, 5.41) is 16.7. The average Bonchev–Trinajstić information content (AvgIpc) is 3.10.